The summed E-state index contributed by atoms with van der Waals surface area (Å²) in [5.74, 6) is 4.32. The van der Waals surface area contributed by atoms with Crippen LogP contribution in [-0.2, 0) is 24.1 Å². The number of phenolic OH excluding ortho intramolecular Hbond substituents is 1. The molecule has 36 heavy (non-hydrogen) atoms. The van der Waals surface area contributed by atoms with Crippen molar-refractivity contribution in [3.05, 3.63) is 35.2 Å². The second kappa shape index (κ2) is 8.85. The molecule has 1 amide bonds. The summed E-state index contributed by atoms with van der Waals surface area (Å²) < 4.78 is 0. The van der Waals surface area contributed by atoms with Gasteiger partial charge in [-0.15, -0.1) is 0 Å². The number of benzene rings is 1. The molecule has 1 aromatic carbocycles. The molecule has 0 aliphatic heterocycles. The molecule has 5 saturated carbocycles. The molecule has 1 heterocycles. The van der Waals surface area contributed by atoms with Crippen LogP contribution in [0.5, 0.6) is 5.75 Å². The number of phenols is 1. The summed E-state index contributed by atoms with van der Waals surface area (Å²) >= 11 is 0. The molecule has 4 bridgehead atoms. The van der Waals surface area contributed by atoms with Gasteiger partial charge in [-0.05, 0) is 123 Å². The molecule has 0 radical (unpaired) electrons. The average Bonchev–Trinajstić information content (AvgIpc) is 2.84. The fourth-order valence-electron chi connectivity index (χ4n) is 9.09. The molecule has 0 spiro atoms. The van der Waals surface area contributed by atoms with Crippen LogP contribution in [0.4, 0.5) is 5.82 Å². The highest BCUT2D eigenvalue weighted by Gasteiger charge is 2.51. The van der Waals surface area contributed by atoms with Crippen LogP contribution in [0, 0.1) is 29.1 Å². The highest BCUT2D eigenvalue weighted by atomic mass is 16.3. The summed E-state index contributed by atoms with van der Waals surface area (Å²) in [6.07, 6.45) is 17.6. The van der Waals surface area contributed by atoms with Crippen molar-refractivity contribution in [1.82, 2.24) is 9.97 Å². The molecule has 6 aliphatic rings. The van der Waals surface area contributed by atoms with Gasteiger partial charge in [0.05, 0.1) is 17.1 Å². The third-order valence-electron chi connectivity index (χ3n) is 10.2. The normalized spacial score (nSPS) is 30.6. The molecule has 0 saturated heterocycles. The van der Waals surface area contributed by atoms with Gasteiger partial charge in [0.1, 0.15) is 5.75 Å². The van der Waals surface area contributed by atoms with Crippen LogP contribution in [-0.4, -0.2) is 21.0 Å². The van der Waals surface area contributed by atoms with Crippen molar-refractivity contribution in [3.8, 4) is 17.0 Å². The lowest BCUT2D eigenvalue weighted by atomic mass is 9.48. The Morgan fingerprint density at radius 1 is 0.972 bits per heavy atom. The van der Waals surface area contributed by atoms with Crippen LogP contribution in [0.1, 0.15) is 94.0 Å². The molecule has 5 fully saturated rings. The van der Waals surface area contributed by atoms with E-state index in [1.165, 1.54) is 70.6 Å². The third-order valence-corrected chi connectivity index (χ3v) is 10.2. The number of nitrogens with zero attached hydrogens (tertiary/aromatic N) is 2. The van der Waals surface area contributed by atoms with Crippen LogP contribution in [0.15, 0.2) is 18.2 Å². The van der Waals surface area contributed by atoms with Gasteiger partial charge in [0.25, 0.3) is 0 Å². The summed E-state index contributed by atoms with van der Waals surface area (Å²) in [4.78, 5) is 23.6. The Kier molecular flexibility index (Phi) is 5.59. The molecular formula is C31H39N3O2. The van der Waals surface area contributed by atoms with Gasteiger partial charge in [0.15, 0.2) is 5.82 Å². The predicted octanol–water partition coefficient (Wildman–Crippen LogP) is 6.62. The standard InChI is InChI=1S/C31H39N3O2/c35-24-7-8-25-23(14-24)6-9-26-29(25)32-27(18-31-15-20-10-21(16-31)12-22(11-20)17-31)30(33-26)34-28(36)13-19-4-2-1-3-5-19/h7-8,14,19-22,35H,1-6,9-13,15-18H2,(H,33,34,36). The molecule has 6 aliphatic carbocycles. The number of carbonyl (C=O) groups is 1. The van der Waals surface area contributed by atoms with E-state index in [-0.39, 0.29) is 5.91 Å². The lowest BCUT2D eigenvalue weighted by Crippen LogP contribution is -2.47. The molecule has 2 N–H and O–H groups in total. The first kappa shape index (κ1) is 22.7. The first-order valence-electron chi connectivity index (χ1n) is 14.5. The summed E-state index contributed by atoms with van der Waals surface area (Å²) in [7, 11) is 0. The lowest BCUT2D eigenvalue weighted by molar-refractivity contribution is -0.117. The van der Waals surface area contributed by atoms with Gasteiger partial charge in [0.2, 0.25) is 5.91 Å². The number of fused-ring (bicyclic) bond motifs is 3. The molecule has 1 aromatic heterocycles. The molecule has 5 heteroatoms. The number of aromatic hydroxyl groups is 1. The van der Waals surface area contributed by atoms with Crippen LogP contribution in [0.25, 0.3) is 11.3 Å². The average molecular weight is 486 g/mol. The van der Waals surface area contributed by atoms with Gasteiger partial charge in [0, 0.05) is 12.0 Å². The number of amides is 1. The summed E-state index contributed by atoms with van der Waals surface area (Å²) in [5, 5.41) is 13.3. The quantitative estimate of drug-likeness (QED) is 0.499. The number of anilines is 1. The topological polar surface area (TPSA) is 75.1 Å². The minimum Gasteiger partial charge on any atom is -0.508 e. The molecule has 0 unspecified atom stereocenters. The van der Waals surface area contributed by atoms with E-state index in [1.54, 1.807) is 6.07 Å². The second-order valence-electron chi connectivity index (χ2n) is 13.0. The fraction of sp³-hybridized carbons (Fsp3) is 0.645. The largest absolute Gasteiger partial charge is 0.508 e. The molecular weight excluding hydrogens is 446 g/mol. The van der Waals surface area contributed by atoms with E-state index in [0.717, 1.165) is 71.0 Å². The first-order chi connectivity index (χ1) is 17.5. The summed E-state index contributed by atoms with van der Waals surface area (Å²) in [6.45, 7) is 0. The van der Waals surface area contributed by atoms with Gasteiger partial charge in [-0.3, -0.25) is 4.79 Å². The monoisotopic (exact) mass is 485 g/mol. The van der Waals surface area contributed by atoms with Crippen molar-refractivity contribution >= 4 is 11.7 Å². The minimum absolute atomic E-state index is 0.115. The number of aromatic nitrogens is 2. The molecule has 5 nitrogen and oxygen atoms in total. The van der Waals surface area contributed by atoms with Gasteiger partial charge < -0.3 is 10.4 Å². The van der Waals surface area contributed by atoms with Gasteiger partial charge >= 0.3 is 0 Å². The minimum atomic E-state index is 0.115. The van der Waals surface area contributed by atoms with E-state index in [0.29, 0.717) is 23.5 Å². The maximum Gasteiger partial charge on any atom is 0.225 e. The van der Waals surface area contributed by atoms with Gasteiger partial charge in [-0.1, -0.05) is 19.3 Å². The van der Waals surface area contributed by atoms with Crippen LogP contribution >= 0.6 is 0 Å². The third kappa shape index (κ3) is 4.22. The summed E-state index contributed by atoms with van der Waals surface area (Å²) in [6, 6.07) is 5.62. The van der Waals surface area contributed by atoms with Crippen LogP contribution in [0.2, 0.25) is 0 Å². The van der Waals surface area contributed by atoms with E-state index < -0.39 is 0 Å². The SMILES string of the molecule is O=C(CC1CCCCC1)Nc1nc2c(nc1CC13CC4CC(CC(C4)C1)C3)-c1ccc(O)cc1CC2. The van der Waals surface area contributed by atoms with Crippen molar-refractivity contribution in [2.75, 3.05) is 5.32 Å². The van der Waals surface area contributed by atoms with E-state index in [2.05, 4.69) is 5.32 Å². The Morgan fingerprint density at radius 3 is 2.42 bits per heavy atom. The molecule has 190 valence electrons. The van der Waals surface area contributed by atoms with E-state index >= 15 is 0 Å². The first-order valence-corrected chi connectivity index (χ1v) is 14.5. The number of carbonyl (C=O) groups excluding carboxylic acids is 1. The smallest absolute Gasteiger partial charge is 0.225 e. The Hall–Kier alpha value is -2.43. The molecule has 8 rings (SSSR count). The van der Waals surface area contributed by atoms with Crippen molar-refractivity contribution in [3.63, 3.8) is 0 Å². The highest BCUT2D eigenvalue weighted by molar-refractivity contribution is 5.90. The zero-order chi connectivity index (χ0) is 24.3. The van der Waals surface area contributed by atoms with Crippen molar-refractivity contribution in [1.29, 1.82) is 0 Å². The number of rotatable bonds is 5. The Bertz CT molecular complexity index is 1150. The number of aryl methyl sites for hydroxylation is 2. The number of hydrogen-bond acceptors (Lipinski definition) is 4. The zero-order valence-corrected chi connectivity index (χ0v) is 21.4. The number of nitrogens with one attached hydrogen (secondary N) is 1. The predicted molar refractivity (Wildman–Crippen MR) is 141 cm³/mol. The van der Waals surface area contributed by atoms with Crippen LogP contribution < -0.4 is 5.32 Å². The van der Waals surface area contributed by atoms with E-state index in [9.17, 15) is 9.90 Å². The van der Waals surface area contributed by atoms with Gasteiger partial charge in [-0.25, -0.2) is 9.97 Å². The van der Waals surface area contributed by atoms with Gasteiger partial charge in [-0.2, -0.15) is 0 Å². The van der Waals surface area contributed by atoms with Crippen molar-refractivity contribution in [2.45, 2.75) is 96.3 Å². The highest BCUT2D eigenvalue weighted by Crippen LogP contribution is 2.61. The lowest BCUT2D eigenvalue weighted by Gasteiger charge is -2.57. The van der Waals surface area contributed by atoms with Crippen LogP contribution in [0.3, 0.4) is 0 Å². The second-order valence-corrected chi connectivity index (χ2v) is 13.0. The van der Waals surface area contributed by atoms with E-state index in [1.807, 2.05) is 12.1 Å². The van der Waals surface area contributed by atoms with E-state index in [4.69, 9.17) is 9.97 Å². The number of hydrogen-bond donors (Lipinski definition) is 2. The fourth-order valence-corrected chi connectivity index (χ4v) is 9.09. The summed E-state index contributed by atoms with van der Waals surface area (Å²) in [5.41, 5.74) is 5.50. The van der Waals surface area contributed by atoms with Crippen molar-refractivity contribution < 1.29 is 9.90 Å². The van der Waals surface area contributed by atoms with Crippen molar-refractivity contribution in [2.24, 2.45) is 29.1 Å². The molecule has 2 aromatic rings. The maximum absolute atomic E-state index is 13.2. The Labute approximate surface area is 214 Å². The Balaban J connectivity index is 1.23. The zero-order valence-electron chi connectivity index (χ0n) is 21.4. The Morgan fingerprint density at radius 2 is 1.69 bits per heavy atom. The molecule has 0 atom stereocenters. The maximum atomic E-state index is 13.2.